The third kappa shape index (κ3) is 3.71. The summed E-state index contributed by atoms with van der Waals surface area (Å²) in [6.07, 6.45) is 1.63. The number of para-hydroxylation sites is 1. The zero-order valence-electron chi connectivity index (χ0n) is 14.8. The van der Waals surface area contributed by atoms with Crippen LogP contribution in [-0.4, -0.2) is 48.8 Å². The smallest absolute Gasteiger partial charge is 0.245 e. The van der Waals surface area contributed by atoms with Crippen LogP contribution in [0, 0.1) is 0 Å². The van der Waals surface area contributed by atoms with Crippen molar-refractivity contribution in [3.8, 4) is 0 Å². The fourth-order valence-electron chi connectivity index (χ4n) is 3.42. The highest BCUT2D eigenvalue weighted by Crippen LogP contribution is 2.25. The van der Waals surface area contributed by atoms with Crippen LogP contribution in [-0.2, 0) is 16.6 Å². The second-order valence-electron chi connectivity index (χ2n) is 6.60. The number of sulfonamides is 1. The van der Waals surface area contributed by atoms with Crippen LogP contribution in [0.3, 0.4) is 0 Å². The van der Waals surface area contributed by atoms with Crippen LogP contribution in [0.25, 0.3) is 10.9 Å². The number of hydrogen-bond donors (Lipinski definition) is 0. The number of nitrogens with zero attached hydrogens (tertiary/aromatic N) is 3. The van der Waals surface area contributed by atoms with Gasteiger partial charge in [-0.15, -0.1) is 0 Å². The molecule has 0 N–H and O–H groups in total. The van der Waals surface area contributed by atoms with E-state index < -0.39 is 10.0 Å². The van der Waals surface area contributed by atoms with Gasteiger partial charge in [-0.05, 0) is 23.8 Å². The highest BCUT2D eigenvalue weighted by Gasteiger charge is 2.30. The Morgan fingerprint density at radius 3 is 2.44 bits per heavy atom. The summed E-state index contributed by atoms with van der Waals surface area (Å²) < 4.78 is 27.9. The van der Waals surface area contributed by atoms with Crippen LogP contribution in [0.2, 0.25) is 5.02 Å². The number of benzene rings is 2. The van der Waals surface area contributed by atoms with Crippen molar-refractivity contribution in [3.05, 3.63) is 71.4 Å². The van der Waals surface area contributed by atoms with E-state index in [-0.39, 0.29) is 4.90 Å². The largest absolute Gasteiger partial charge is 0.296 e. The molecule has 0 radical (unpaired) electrons. The maximum Gasteiger partial charge on any atom is 0.245 e. The summed E-state index contributed by atoms with van der Waals surface area (Å²) in [5.41, 5.74) is 1.59. The number of halogens is 1. The Kier molecular flexibility index (Phi) is 5.14. The van der Waals surface area contributed by atoms with E-state index in [0.29, 0.717) is 31.7 Å². The molecule has 140 valence electrons. The molecule has 1 aliphatic heterocycles. The highest BCUT2D eigenvalue weighted by atomic mass is 35.5. The Hall–Kier alpha value is -1.99. The predicted octanol–water partition coefficient (Wildman–Crippen LogP) is 3.39. The predicted molar refractivity (Wildman–Crippen MR) is 107 cm³/mol. The molecule has 5 nitrogen and oxygen atoms in total. The Morgan fingerprint density at radius 1 is 0.926 bits per heavy atom. The molecule has 1 aliphatic rings. The normalized spacial score (nSPS) is 16.6. The molecule has 0 amide bonds. The Balaban J connectivity index is 1.51. The summed E-state index contributed by atoms with van der Waals surface area (Å²) in [7, 11) is -3.57. The van der Waals surface area contributed by atoms with Crippen molar-refractivity contribution in [2.75, 3.05) is 26.2 Å². The van der Waals surface area contributed by atoms with Crippen LogP contribution in [0.1, 0.15) is 5.56 Å². The molecule has 2 heterocycles. The van der Waals surface area contributed by atoms with Gasteiger partial charge in [0, 0.05) is 49.3 Å². The molecule has 0 atom stereocenters. The fraction of sp³-hybridized carbons (Fsp3) is 0.250. The first kappa shape index (κ1) is 18.4. The van der Waals surface area contributed by atoms with Gasteiger partial charge in [-0.1, -0.05) is 48.0 Å². The van der Waals surface area contributed by atoms with Crippen molar-refractivity contribution in [1.82, 2.24) is 14.2 Å². The lowest BCUT2D eigenvalue weighted by Crippen LogP contribution is -2.48. The maximum absolute atomic E-state index is 13.2. The quantitative estimate of drug-likeness (QED) is 0.672. The lowest BCUT2D eigenvalue weighted by atomic mass is 10.2. The number of rotatable bonds is 4. The van der Waals surface area contributed by atoms with Crippen LogP contribution in [0.5, 0.6) is 0 Å². The van der Waals surface area contributed by atoms with Gasteiger partial charge in [0.25, 0.3) is 0 Å². The fourth-order valence-corrected chi connectivity index (χ4v) is 5.20. The minimum absolute atomic E-state index is 0.278. The first-order valence-electron chi connectivity index (χ1n) is 8.85. The minimum Gasteiger partial charge on any atom is -0.296 e. The molecule has 4 rings (SSSR count). The second-order valence-corrected chi connectivity index (χ2v) is 8.92. The third-order valence-electron chi connectivity index (χ3n) is 4.90. The summed E-state index contributed by atoms with van der Waals surface area (Å²) in [5, 5.41) is 1.57. The molecule has 0 bridgehead atoms. The summed E-state index contributed by atoms with van der Waals surface area (Å²) >= 11 is 6.24. The summed E-state index contributed by atoms with van der Waals surface area (Å²) in [5.74, 6) is 0. The highest BCUT2D eigenvalue weighted by molar-refractivity contribution is 7.89. The first-order valence-corrected chi connectivity index (χ1v) is 10.7. The van der Waals surface area contributed by atoms with E-state index in [4.69, 9.17) is 11.6 Å². The SMILES string of the molecule is O=S(=O)(c1cccc2cccnc12)N1CCN(Cc2ccccc2Cl)CC1. The van der Waals surface area contributed by atoms with Crippen LogP contribution in [0.4, 0.5) is 0 Å². The van der Waals surface area contributed by atoms with Crippen molar-refractivity contribution < 1.29 is 8.42 Å². The van der Waals surface area contributed by atoms with Crippen molar-refractivity contribution in [2.24, 2.45) is 0 Å². The van der Waals surface area contributed by atoms with Gasteiger partial charge in [0.05, 0.1) is 5.52 Å². The monoisotopic (exact) mass is 401 g/mol. The molecule has 0 saturated carbocycles. The number of fused-ring (bicyclic) bond motifs is 1. The standard InChI is InChI=1S/C20H20ClN3O2S/c21-18-8-2-1-5-17(18)15-23-11-13-24(14-12-23)27(25,26)19-9-3-6-16-7-4-10-22-20(16)19/h1-10H,11-15H2. The minimum atomic E-state index is -3.57. The van der Waals surface area contributed by atoms with Crippen molar-refractivity contribution >= 4 is 32.5 Å². The number of aromatic nitrogens is 1. The Labute approximate surface area is 164 Å². The third-order valence-corrected chi connectivity index (χ3v) is 7.20. The summed E-state index contributed by atoms with van der Waals surface area (Å²) in [6.45, 7) is 2.97. The van der Waals surface area contributed by atoms with Crippen molar-refractivity contribution in [1.29, 1.82) is 0 Å². The number of pyridine rings is 1. The summed E-state index contributed by atoms with van der Waals surface area (Å²) in [6, 6.07) is 16.7. The van der Waals surface area contributed by atoms with Gasteiger partial charge in [0.15, 0.2) is 0 Å². The van der Waals surface area contributed by atoms with Crippen LogP contribution >= 0.6 is 11.6 Å². The maximum atomic E-state index is 13.2. The molecule has 0 unspecified atom stereocenters. The van der Waals surface area contributed by atoms with Gasteiger partial charge in [-0.2, -0.15) is 4.31 Å². The van der Waals surface area contributed by atoms with Crippen LogP contribution in [0.15, 0.2) is 65.7 Å². The van der Waals surface area contributed by atoms with E-state index >= 15 is 0 Å². The molecular weight excluding hydrogens is 382 g/mol. The van der Waals surface area contributed by atoms with Crippen LogP contribution < -0.4 is 0 Å². The summed E-state index contributed by atoms with van der Waals surface area (Å²) in [4.78, 5) is 6.80. The van der Waals surface area contributed by atoms with E-state index in [2.05, 4.69) is 9.88 Å². The Bertz CT molecular complexity index is 1060. The molecule has 1 saturated heterocycles. The van der Waals surface area contributed by atoms with E-state index in [1.165, 1.54) is 0 Å². The zero-order chi connectivity index (χ0) is 18.9. The van der Waals surface area contributed by atoms with Crippen molar-refractivity contribution in [3.63, 3.8) is 0 Å². The van der Waals surface area contributed by atoms with E-state index in [1.807, 2.05) is 42.5 Å². The number of hydrogen-bond acceptors (Lipinski definition) is 4. The van der Waals surface area contributed by atoms with Gasteiger partial charge >= 0.3 is 0 Å². The molecule has 1 aromatic heterocycles. The zero-order valence-corrected chi connectivity index (χ0v) is 16.3. The average Bonchev–Trinajstić information content (AvgIpc) is 2.70. The first-order chi connectivity index (χ1) is 13.1. The van der Waals surface area contributed by atoms with E-state index in [1.54, 1.807) is 22.6 Å². The molecule has 3 aromatic rings. The average molecular weight is 402 g/mol. The molecule has 27 heavy (non-hydrogen) atoms. The van der Waals surface area contributed by atoms with Crippen molar-refractivity contribution in [2.45, 2.75) is 11.4 Å². The molecular formula is C20H20ClN3O2S. The van der Waals surface area contributed by atoms with Gasteiger partial charge in [0.2, 0.25) is 10.0 Å². The van der Waals surface area contributed by atoms with Gasteiger partial charge in [-0.25, -0.2) is 8.42 Å². The second kappa shape index (κ2) is 7.56. The van der Waals surface area contributed by atoms with E-state index in [0.717, 1.165) is 22.5 Å². The lowest BCUT2D eigenvalue weighted by Gasteiger charge is -2.34. The molecule has 7 heteroatoms. The van der Waals surface area contributed by atoms with Gasteiger partial charge < -0.3 is 0 Å². The van der Waals surface area contributed by atoms with Gasteiger partial charge in [0.1, 0.15) is 4.90 Å². The Morgan fingerprint density at radius 2 is 1.67 bits per heavy atom. The molecule has 2 aromatic carbocycles. The number of piperazine rings is 1. The molecule has 1 fully saturated rings. The molecule has 0 spiro atoms. The van der Waals surface area contributed by atoms with Gasteiger partial charge in [-0.3, -0.25) is 9.88 Å². The lowest BCUT2D eigenvalue weighted by molar-refractivity contribution is 0.181. The van der Waals surface area contributed by atoms with E-state index in [9.17, 15) is 8.42 Å². The molecule has 0 aliphatic carbocycles. The topological polar surface area (TPSA) is 53.5 Å².